The van der Waals surface area contributed by atoms with Crippen molar-refractivity contribution in [2.45, 2.75) is 57.9 Å². The van der Waals surface area contributed by atoms with Crippen molar-refractivity contribution in [2.75, 3.05) is 19.7 Å². The maximum atomic E-state index is 12.8. The molecule has 2 aliphatic rings. The van der Waals surface area contributed by atoms with Gasteiger partial charge in [0.05, 0.1) is 6.54 Å². The van der Waals surface area contributed by atoms with Crippen LogP contribution in [0.25, 0.3) is 0 Å². The Balaban J connectivity index is 1.36. The fourth-order valence-electron chi connectivity index (χ4n) is 4.27. The molecule has 1 aromatic carbocycles. The number of hydrogen-bond donors (Lipinski definition) is 2. The van der Waals surface area contributed by atoms with Crippen molar-refractivity contribution in [2.24, 2.45) is 5.92 Å². The molecule has 4 amide bonds. The molecule has 2 N–H and O–H groups in total. The van der Waals surface area contributed by atoms with Crippen molar-refractivity contribution in [1.82, 2.24) is 15.5 Å². The number of nitrogens with one attached hydrogen (secondary N) is 2. The molecule has 0 aromatic heterocycles. The SMILES string of the molecule is Cc1ccc(CCC(=O)NCCOC(=O)CN2C(=O)NC3(CCCCC3C)C2=O)cc1. The summed E-state index contributed by atoms with van der Waals surface area (Å²) in [6.45, 7) is 3.72. The number of nitrogens with zero attached hydrogens (tertiary/aromatic N) is 1. The van der Waals surface area contributed by atoms with Gasteiger partial charge in [-0.3, -0.25) is 19.3 Å². The molecule has 8 nitrogen and oxygen atoms in total. The summed E-state index contributed by atoms with van der Waals surface area (Å²) in [5.74, 6) is -1.10. The van der Waals surface area contributed by atoms with Crippen molar-refractivity contribution >= 4 is 23.8 Å². The van der Waals surface area contributed by atoms with Gasteiger partial charge in [-0.1, -0.05) is 49.6 Å². The average Bonchev–Trinajstić information content (AvgIpc) is 2.98. The molecular weight excluding hydrogens is 398 g/mol. The fraction of sp³-hybridized carbons (Fsp3) is 0.565. The first kappa shape index (κ1) is 22.8. The van der Waals surface area contributed by atoms with Gasteiger partial charge in [0.2, 0.25) is 5.91 Å². The number of esters is 1. The number of hydrogen-bond acceptors (Lipinski definition) is 5. The highest BCUT2D eigenvalue weighted by molar-refractivity contribution is 6.08. The zero-order valence-corrected chi connectivity index (χ0v) is 18.2. The van der Waals surface area contributed by atoms with Crippen molar-refractivity contribution < 1.29 is 23.9 Å². The Hall–Kier alpha value is -2.90. The van der Waals surface area contributed by atoms with Gasteiger partial charge in [0.1, 0.15) is 18.7 Å². The molecule has 1 aliphatic heterocycles. The van der Waals surface area contributed by atoms with Crippen LogP contribution in [0.2, 0.25) is 0 Å². The number of ether oxygens (including phenoxy) is 1. The topological polar surface area (TPSA) is 105 Å². The number of amides is 4. The van der Waals surface area contributed by atoms with Crippen LogP contribution in [-0.2, 0) is 25.5 Å². The maximum Gasteiger partial charge on any atom is 0.326 e. The summed E-state index contributed by atoms with van der Waals surface area (Å²) in [4.78, 5) is 50.1. The predicted octanol–water partition coefficient (Wildman–Crippen LogP) is 2.09. The summed E-state index contributed by atoms with van der Waals surface area (Å²) in [5.41, 5.74) is 1.37. The van der Waals surface area contributed by atoms with Crippen molar-refractivity contribution in [3.8, 4) is 0 Å². The molecule has 1 spiro atoms. The van der Waals surface area contributed by atoms with Gasteiger partial charge in [-0.05, 0) is 37.7 Å². The summed E-state index contributed by atoms with van der Waals surface area (Å²) in [6, 6.07) is 7.47. The third-order valence-corrected chi connectivity index (χ3v) is 6.24. The molecule has 0 radical (unpaired) electrons. The first-order valence-corrected chi connectivity index (χ1v) is 10.9. The van der Waals surface area contributed by atoms with Gasteiger partial charge in [0.25, 0.3) is 5.91 Å². The van der Waals surface area contributed by atoms with E-state index in [2.05, 4.69) is 10.6 Å². The van der Waals surface area contributed by atoms with Crippen molar-refractivity contribution in [1.29, 1.82) is 0 Å². The number of benzene rings is 1. The van der Waals surface area contributed by atoms with Gasteiger partial charge in [0, 0.05) is 6.42 Å². The molecule has 2 unspecified atom stereocenters. The van der Waals surface area contributed by atoms with Crippen LogP contribution in [0.4, 0.5) is 4.79 Å². The van der Waals surface area contributed by atoms with E-state index < -0.39 is 24.1 Å². The lowest BCUT2D eigenvalue weighted by Crippen LogP contribution is -2.54. The lowest BCUT2D eigenvalue weighted by atomic mass is 9.73. The average molecular weight is 430 g/mol. The number of carbonyl (C=O) groups excluding carboxylic acids is 4. The molecule has 168 valence electrons. The van der Waals surface area contributed by atoms with Crippen LogP contribution in [0, 0.1) is 12.8 Å². The minimum atomic E-state index is -0.888. The molecule has 3 rings (SSSR count). The van der Waals surface area contributed by atoms with E-state index >= 15 is 0 Å². The molecule has 1 saturated heterocycles. The summed E-state index contributed by atoms with van der Waals surface area (Å²) in [6.07, 6.45) is 4.36. The Morgan fingerprint density at radius 2 is 1.97 bits per heavy atom. The van der Waals surface area contributed by atoms with Crippen LogP contribution in [0.15, 0.2) is 24.3 Å². The number of carbonyl (C=O) groups is 4. The van der Waals surface area contributed by atoms with Crippen LogP contribution in [0.1, 0.15) is 50.2 Å². The molecular formula is C23H31N3O5. The number of rotatable bonds is 8. The zero-order valence-electron chi connectivity index (χ0n) is 18.2. The Morgan fingerprint density at radius 3 is 2.68 bits per heavy atom. The number of imide groups is 1. The second kappa shape index (κ2) is 9.94. The molecule has 2 atom stereocenters. The van der Waals surface area contributed by atoms with Crippen LogP contribution >= 0.6 is 0 Å². The Labute approximate surface area is 182 Å². The van der Waals surface area contributed by atoms with Gasteiger partial charge in [-0.25, -0.2) is 4.79 Å². The van der Waals surface area contributed by atoms with E-state index in [1.54, 1.807) is 0 Å². The van der Waals surface area contributed by atoms with E-state index in [1.165, 1.54) is 5.56 Å². The minimum Gasteiger partial charge on any atom is -0.462 e. The van der Waals surface area contributed by atoms with Gasteiger partial charge in [-0.15, -0.1) is 0 Å². The number of aryl methyl sites for hydroxylation is 2. The highest BCUT2D eigenvalue weighted by Crippen LogP contribution is 2.38. The molecule has 8 heteroatoms. The summed E-state index contributed by atoms with van der Waals surface area (Å²) < 4.78 is 5.10. The molecule has 0 bridgehead atoms. The highest BCUT2D eigenvalue weighted by Gasteiger charge is 2.55. The Morgan fingerprint density at radius 1 is 1.23 bits per heavy atom. The molecule has 1 saturated carbocycles. The normalized spacial score (nSPS) is 23.0. The van der Waals surface area contributed by atoms with Gasteiger partial charge in [-0.2, -0.15) is 0 Å². The van der Waals surface area contributed by atoms with Gasteiger partial charge < -0.3 is 15.4 Å². The smallest absolute Gasteiger partial charge is 0.326 e. The molecule has 1 aromatic rings. The lowest BCUT2D eigenvalue weighted by Gasteiger charge is -2.36. The van der Waals surface area contributed by atoms with Crippen LogP contribution in [0.3, 0.4) is 0 Å². The molecule has 2 fully saturated rings. The van der Waals surface area contributed by atoms with Gasteiger partial charge >= 0.3 is 12.0 Å². The first-order valence-electron chi connectivity index (χ1n) is 10.9. The minimum absolute atomic E-state index is 0.0136. The largest absolute Gasteiger partial charge is 0.462 e. The maximum absolute atomic E-state index is 12.8. The number of urea groups is 1. The van der Waals surface area contributed by atoms with E-state index in [4.69, 9.17) is 4.74 Å². The van der Waals surface area contributed by atoms with Crippen molar-refractivity contribution in [3.05, 3.63) is 35.4 Å². The van der Waals surface area contributed by atoms with E-state index in [0.717, 1.165) is 29.7 Å². The zero-order chi connectivity index (χ0) is 22.4. The highest BCUT2D eigenvalue weighted by atomic mass is 16.5. The third kappa shape index (κ3) is 5.42. The first-order chi connectivity index (χ1) is 14.8. The summed E-state index contributed by atoms with van der Waals surface area (Å²) in [5, 5.41) is 5.52. The van der Waals surface area contributed by atoms with Crippen LogP contribution in [-0.4, -0.2) is 54.0 Å². The standard InChI is InChI=1S/C23H31N3O5/c1-16-6-8-18(9-7-16)10-11-19(27)24-13-14-31-20(28)15-26-21(29)23(25-22(26)30)12-4-3-5-17(23)2/h6-9,17H,3-5,10-15H2,1-2H3,(H,24,27)(H,25,30). The lowest BCUT2D eigenvalue weighted by molar-refractivity contribution is -0.148. The van der Waals surface area contributed by atoms with E-state index in [1.807, 2.05) is 38.1 Å². The van der Waals surface area contributed by atoms with Crippen molar-refractivity contribution in [3.63, 3.8) is 0 Å². The van der Waals surface area contributed by atoms with Gasteiger partial charge in [0.15, 0.2) is 0 Å². The fourth-order valence-corrected chi connectivity index (χ4v) is 4.27. The van der Waals surface area contributed by atoms with Crippen LogP contribution < -0.4 is 10.6 Å². The third-order valence-electron chi connectivity index (χ3n) is 6.24. The summed E-state index contributed by atoms with van der Waals surface area (Å²) >= 11 is 0. The second-order valence-corrected chi connectivity index (χ2v) is 8.50. The van der Waals surface area contributed by atoms with Crippen LogP contribution in [0.5, 0.6) is 0 Å². The molecule has 31 heavy (non-hydrogen) atoms. The monoisotopic (exact) mass is 429 g/mol. The van der Waals surface area contributed by atoms with E-state index in [9.17, 15) is 19.2 Å². The van der Waals surface area contributed by atoms with E-state index in [0.29, 0.717) is 19.3 Å². The second-order valence-electron chi connectivity index (χ2n) is 8.50. The Bertz CT molecular complexity index is 838. The Kier molecular flexibility index (Phi) is 7.30. The van der Waals surface area contributed by atoms with E-state index in [-0.39, 0.29) is 30.9 Å². The quantitative estimate of drug-likeness (QED) is 0.374. The molecule has 1 aliphatic carbocycles. The summed E-state index contributed by atoms with van der Waals surface area (Å²) in [7, 11) is 0. The molecule has 1 heterocycles. The predicted molar refractivity (Wildman–Crippen MR) is 114 cm³/mol.